The topological polar surface area (TPSA) is 29.5 Å². The first-order valence-electron chi connectivity index (χ1n) is 5.05. The molecular weight excluding hydrogens is 190 g/mol. The summed E-state index contributed by atoms with van der Waals surface area (Å²) in [5, 5.41) is 0. The molecule has 1 amide bonds. The molecule has 0 aliphatic carbocycles. The lowest BCUT2D eigenvalue weighted by Gasteiger charge is -2.16. The van der Waals surface area contributed by atoms with E-state index in [9.17, 15) is 4.79 Å². The lowest BCUT2D eigenvalue weighted by atomic mass is 10.1. The van der Waals surface area contributed by atoms with Crippen molar-refractivity contribution in [2.24, 2.45) is 0 Å². The van der Waals surface area contributed by atoms with Gasteiger partial charge in [-0.25, -0.2) is 4.79 Å². The van der Waals surface area contributed by atoms with E-state index in [1.807, 2.05) is 19.9 Å². The van der Waals surface area contributed by atoms with E-state index < -0.39 is 0 Å². The van der Waals surface area contributed by atoms with Crippen LogP contribution < -0.4 is 0 Å². The van der Waals surface area contributed by atoms with E-state index in [0.29, 0.717) is 6.61 Å². The Balaban J connectivity index is 0.000000921. The molecule has 3 heteroatoms. The van der Waals surface area contributed by atoms with Gasteiger partial charge in [-0.3, -0.25) is 0 Å². The van der Waals surface area contributed by atoms with Crippen molar-refractivity contribution in [2.75, 3.05) is 13.7 Å². The maximum atomic E-state index is 11.0. The summed E-state index contributed by atoms with van der Waals surface area (Å²) in [6, 6.07) is -0.0250. The number of allylic oxidation sites excluding steroid dienone is 2. The van der Waals surface area contributed by atoms with Crippen molar-refractivity contribution >= 4 is 6.09 Å². The number of carbonyl (C=O) groups excluding carboxylic acids is 1. The second kappa shape index (κ2) is 6.87. The van der Waals surface area contributed by atoms with Crippen LogP contribution in [0.5, 0.6) is 0 Å². The minimum absolute atomic E-state index is 0.0250. The summed E-state index contributed by atoms with van der Waals surface area (Å²) in [6.07, 6.45) is 4.93. The highest BCUT2D eigenvalue weighted by Crippen LogP contribution is 2.17. The number of hydrogen-bond acceptors (Lipinski definition) is 2. The van der Waals surface area contributed by atoms with Gasteiger partial charge in [0.1, 0.15) is 6.61 Å². The van der Waals surface area contributed by atoms with Crippen molar-refractivity contribution in [2.45, 2.75) is 19.9 Å². The minimum atomic E-state index is -0.290. The van der Waals surface area contributed by atoms with Gasteiger partial charge in [-0.2, -0.15) is 0 Å². The fraction of sp³-hybridized carbons (Fsp3) is 0.417. The van der Waals surface area contributed by atoms with Gasteiger partial charge in [0.25, 0.3) is 0 Å². The lowest BCUT2D eigenvalue weighted by molar-refractivity contribution is 0.163. The Kier molecular flexibility index (Phi) is 6.18. The zero-order chi connectivity index (χ0) is 11.8. The van der Waals surface area contributed by atoms with Gasteiger partial charge in [0.2, 0.25) is 0 Å². The van der Waals surface area contributed by atoms with Crippen molar-refractivity contribution in [3.8, 4) is 0 Å². The standard InChI is InChI=1S/C10H13NO2.C2H6/c1-4-6-8(5-2)9-7-13-10(12)11(9)3;1-2/h4-6,9H,1-2,7H2,3H3;1-2H3/b8-6+;. The fourth-order valence-corrected chi connectivity index (χ4v) is 1.26. The molecule has 1 unspecified atom stereocenters. The van der Waals surface area contributed by atoms with Crippen LogP contribution in [0.2, 0.25) is 0 Å². The average molecular weight is 209 g/mol. The summed E-state index contributed by atoms with van der Waals surface area (Å²) in [6.45, 7) is 11.7. The van der Waals surface area contributed by atoms with Crippen LogP contribution in [0.3, 0.4) is 0 Å². The smallest absolute Gasteiger partial charge is 0.410 e. The van der Waals surface area contributed by atoms with Crippen molar-refractivity contribution in [3.63, 3.8) is 0 Å². The second-order valence-corrected chi connectivity index (χ2v) is 2.81. The van der Waals surface area contributed by atoms with Crippen molar-refractivity contribution < 1.29 is 9.53 Å². The molecule has 0 aromatic heterocycles. The minimum Gasteiger partial charge on any atom is -0.447 e. The van der Waals surface area contributed by atoms with Crippen molar-refractivity contribution in [1.29, 1.82) is 0 Å². The summed E-state index contributed by atoms with van der Waals surface area (Å²) < 4.78 is 4.87. The number of likely N-dealkylation sites (N-methyl/N-ethyl adjacent to an activating group) is 1. The highest BCUT2D eigenvalue weighted by atomic mass is 16.6. The van der Waals surface area contributed by atoms with E-state index in [0.717, 1.165) is 5.57 Å². The monoisotopic (exact) mass is 209 g/mol. The van der Waals surface area contributed by atoms with Gasteiger partial charge in [0, 0.05) is 7.05 Å². The van der Waals surface area contributed by atoms with Gasteiger partial charge in [0.05, 0.1) is 6.04 Å². The van der Waals surface area contributed by atoms with Gasteiger partial charge in [0.15, 0.2) is 0 Å². The molecule has 1 atom stereocenters. The Morgan fingerprint density at radius 1 is 1.53 bits per heavy atom. The van der Waals surface area contributed by atoms with E-state index in [4.69, 9.17) is 4.74 Å². The largest absolute Gasteiger partial charge is 0.447 e. The number of amides is 1. The zero-order valence-corrected chi connectivity index (χ0v) is 9.69. The Hall–Kier alpha value is -1.51. The number of cyclic esters (lactones) is 1. The van der Waals surface area contributed by atoms with Gasteiger partial charge < -0.3 is 9.64 Å². The van der Waals surface area contributed by atoms with E-state index in [-0.39, 0.29) is 12.1 Å². The molecular formula is C12H19NO2. The van der Waals surface area contributed by atoms with Gasteiger partial charge in [-0.1, -0.05) is 45.2 Å². The molecule has 1 saturated heterocycles. The molecule has 1 fully saturated rings. The van der Waals surface area contributed by atoms with E-state index in [1.54, 1.807) is 24.1 Å². The molecule has 0 aromatic rings. The Labute approximate surface area is 91.7 Å². The Morgan fingerprint density at radius 3 is 2.47 bits per heavy atom. The first-order valence-corrected chi connectivity index (χ1v) is 5.05. The highest BCUT2D eigenvalue weighted by Gasteiger charge is 2.30. The molecule has 0 spiro atoms. The van der Waals surface area contributed by atoms with E-state index in [2.05, 4.69) is 13.2 Å². The van der Waals surface area contributed by atoms with Crippen LogP contribution in [-0.4, -0.2) is 30.7 Å². The van der Waals surface area contributed by atoms with Crippen molar-refractivity contribution in [1.82, 2.24) is 4.90 Å². The summed E-state index contributed by atoms with van der Waals surface area (Å²) >= 11 is 0. The summed E-state index contributed by atoms with van der Waals surface area (Å²) in [5.41, 5.74) is 0.948. The summed E-state index contributed by atoms with van der Waals surface area (Å²) in [7, 11) is 1.71. The number of nitrogens with zero attached hydrogens (tertiary/aromatic N) is 1. The molecule has 1 aliphatic heterocycles. The van der Waals surface area contributed by atoms with Crippen LogP contribution >= 0.6 is 0 Å². The number of carbonyl (C=O) groups is 1. The predicted molar refractivity (Wildman–Crippen MR) is 62.7 cm³/mol. The van der Waals surface area contributed by atoms with Crippen LogP contribution in [-0.2, 0) is 4.74 Å². The van der Waals surface area contributed by atoms with Crippen LogP contribution in [0.15, 0.2) is 37.0 Å². The van der Waals surface area contributed by atoms with Crippen molar-refractivity contribution in [3.05, 3.63) is 37.0 Å². The van der Waals surface area contributed by atoms with Crippen LogP contribution in [0.1, 0.15) is 13.8 Å². The number of hydrogen-bond donors (Lipinski definition) is 0. The molecule has 0 N–H and O–H groups in total. The molecule has 1 rings (SSSR count). The maximum Gasteiger partial charge on any atom is 0.410 e. The van der Waals surface area contributed by atoms with Gasteiger partial charge in [-0.15, -0.1) is 0 Å². The molecule has 15 heavy (non-hydrogen) atoms. The normalized spacial score (nSPS) is 20.2. The molecule has 0 aromatic carbocycles. The zero-order valence-electron chi connectivity index (χ0n) is 9.69. The first-order chi connectivity index (χ1) is 7.20. The van der Waals surface area contributed by atoms with Crippen LogP contribution in [0.25, 0.3) is 0 Å². The highest BCUT2D eigenvalue weighted by molar-refractivity contribution is 5.70. The lowest BCUT2D eigenvalue weighted by Crippen LogP contribution is -2.30. The van der Waals surface area contributed by atoms with E-state index >= 15 is 0 Å². The fourth-order valence-electron chi connectivity index (χ4n) is 1.26. The van der Waals surface area contributed by atoms with Gasteiger partial charge in [-0.05, 0) is 5.57 Å². The molecule has 0 bridgehead atoms. The van der Waals surface area contributed by atoms with Crippen LogP contribution in [0.4, 0.5) is 4.79 Å². The molecule has 84 valence electrons. The third-order valence-electron chi connectivity index (χ3n) is 2.05. The summed E-state index contributed by atoms with van der Waals surface area (Å²) in [4.78, 5) is 12.6. The molecule has 0 saturated carbocycles. The summed E-state index contributed by atoms with van der Waals surface area (Å²) in [5.74, 6) is 0. The maximum absolute atomic E-state index is 11.0. The first kappa shape index (κ1) is 13.5. The number of ether oxygens (including phenoxy) is 1. The van der Waals surface area contributed by atoms with Gasteiger partial charge >= 0.3 is 6.09 Å². The molecule has 1 aliphatic rings. The Morgan fingerprint density at radius 2 is 2.13 bits per heavy atom. The number of rotatable bonds is 3. The third kappa shape index (κ3) is 3.27. The average Bonchev–Trinajstić information content (AvgIpc) is 2.60. The van der Waals surface area contributed by atoms with E-state index in [1.165, 1.54) is 0 Å². The SMILES string of the molecule is C=C/C=C(\C=C)C1COC(=O)N1C.CC. The third-order valence-corrected chi connectivity index (χ3v) is 2.05. The predicted octanol–water partition coefficient (Wildman–Crippen LogP) is 2.76. The quantitative estimate of drug-likeness (QED) is 0.669. The Bertz CT molecular complexity index is 269. The second-order valence-electron chi connectivity index (χ2n) is 2.81. The molecule has 1 heterocycles. The molecule has 0 radical (unpaired) electrons. The van der Waals surface area contributed by atoms with Crippen LogP contribution in [0, 0.1) is 0 Å². The molecule has 3 nitrogen and oxygen atoms in total.